The number of hydrogen-bond acceptors (Lipinski definition) is 2. The molecule has 0 aliphatic heterocycles. The van der Waals surface area contributed by atoms with Crippen LogP contribution in [0.5, 0.6) is 0 Å². The minimum atomic E-state index is 0.473. The predicted octanol–water partition coefficient (Wildman–Crippen LogP) is 3.11. The van der Waals surface area contributed by atoms with Gasteiger partial charge in [-0.25, -0.2) is 0 Å². The van der Waals surface area contributed by atoms with E-state index in [2.05, 4.69) is 40.9 Å². The third-order valence-electron chi connectivity index (χ3n) is 3.30. The highest BCUT2D eigenvalue weighted by atomic mass is 35.5. The zero-order valence-electron chi connectivity index (χ0n) is 12.0. The van der Waals surface area contributed by atoms with Crippen LogP contribution in [0.25, 0.3) is 0 Å². The van der Waals surface area contributed by atoms with Crippen molar-refractivity contribution in [1.29, 1.82) is 0 Å². The second kappa shape index (κ2) is 7.79. The summed E-state index contributed by atoms with van der Waals surface area (Å²) in [5.74, 6) is 2.54. The summed E-state index contributed by atoms with van der Waals surface area (Å²) >= 11 is 7.86. The summed E-state index contributed by atoms with van der Waals surface area (Å²) in [6, 6.07) is 8.62. The van der Waals surface area contributed by atoms with Crippen LogP contribution in [-0.4, -0.2) is 37.1 Å². The van der Waals surface area contributed by atoms with Crippen molar-refractivity contribution in [1.82, 2.24) is 10.6 Å². The lowest BCUT2D eigenvalue weighted by atomic mass is 10.1. The Kier molecular flexibility index (Phi) is 6.05. The lowest BCUT2D eigenvalue weighted by Crippen LogP contribution is -2.39. The van der Waals surface area contributed by atoms with Gasteiger partial charge < -0.3 is 10.6 Å². The molecule has 1 fully saturated rings. The average Bonchev–Trinajstić information content (AvgIpc) is 3.18. The van der Waals surface area contributed by atoms with Gasteiger partial charge in [0.2, 0.25) is 0 Å². The average molecular weight is 312 g/mol. The van der Waals surface area contributed by atoms with Crippen LogP contribution in [0.15, 0.2) is 29.3 Å². The molecule has 110 valence electrons. The quantitative estimate of drug-likeness (QED) is 0.481. The van der Waals surface area contributed by atoms with Crippen molar-refractivity contribution in [2.45, 2.75) is 25.3 Å². The van der Waals surface area contributed by atoms with Crippen LogP contribution in [-0.2, 0) is 0 Å². The highest BCUT2D eigenvalue weighted by Gasteiger charge is 2.39. The van der Waals surface area contributed by atoms with E-state index >= 15 is 0 Å². The van der Waals surface area contributed by atoms with Gasteiger partial charge >= 0.3 is 0 Å². The minimum Gasteiger partial charge on any atom is -0.357 e. The normalized spacial score (nSPS) is 21.6. The number of nitrogens with one attached hydrogen (secondary N) is 2. The second-order valence-corrected chi connectivity index (χ2v) is 6.32. The molecule has 0 saturated heterocycles. The van der Waals surface area contributed by atoms with Gasteiger partial charge in [-0.1, -0.05) is 23.7 Å². The highest BCUT2D eigenvalue weighted by Crippen LogP contribution is 2.41. The van der Waals surface area contributed by atoms with Crippen LogP contribution in [0.1, 0.15) is 24.8 Å². The van der Waals surface area contributed by atoms with E-state index in [-0.39, 0.29) is 0 Å². The van der Waals surface area contributed by atoms with E-state index in [9.17, 15) is 0 Å². The van der Waals surface area contributed by atoms with Gasteiger partial charge in [0.05, 0.1) is 6.54 Å². The maximum absolute atomic E-state index is 6.05. The summed E-state index contributed by atoms with van der Waals surface area (Å²) in [6.45, 7) is 3.83. The van der Waals surface area contributed by atoms with Crippen LogP contribution in [0, 0.1) is 0 Å². The molecule has 0 bridgehead atoms. The Morgan fingerprint density at radius 1 is 1.50 bits per heavy atom. The van der Waals surface area contributed by atoms with Crippen molar-refractivity contribution in [3.8, 4) is 0 Å². The number of benzene rings is 1. The molecular formula is C15H22ClN3S. The van der Waals surface area contributed by atoms with Crippen LogP contribution in [0.2, 0.25) is 5.02 Å². The minimum absolute atomic E-state index is 0.473. The number of guanidine groups is 1. The summed E-state index contributed by atoms with van der Waals surface area (Å²) in [5, 5.41) is 7.62. The van der Waals surface area contributed by atoms with E-state index in [0.29, 0.717) is 12.0 Å². The fourth-order valence-corrected chi connectivity index (χ4v) is 2.68. The Labute approximate surface area is 130 Å². The zero-order valence-corrected chi connectivity index (χ0v) is 13.6. The van der Waals surface area contributed by atoms with Crippen LogP contribution in [0.4, 0.5) is 0 Å². The molecule has 5 heteroatoms. The maximum atomic E-state index is 6.05. The Balaban J connectivity index is 1.88. The van der Waals surface area contributed by atoms with Gasteiger partial charge in [-0.05, 0) is 37.3 Å². The number of thioether (sulfide) groups is 1. The number of aliphatic imine (C=N–C) groups is 1. The molecule has 0 heterocycles. The SMILES string of the molecule is CCNC(=NCCSC)NC1CC1c1cccc(Cl)c1. The molecule has 20 heavy (non-hydrogen) atoms. The summed E-state index contributed by atoms with van der Waals surface area (Å²) < 4.78 is 0. The molecule has 3 nitrogen and oxygen atoms in total. The monoisotopic (exact) mass is 311 g/mol. The largest absolute Gasteiger partial charge is 0.357 e. The van der Waals surface area contributed by atoms with Gasteiger partial charge in [0.1, 0.15) is 0 Å². The molecule has 1 aromatic rings. The lowest BCUT2D eigenvalue weighted by Gasteiger charge is -2.11. The molecule has 1 aliphatic carbocycles. The number of halogens is 1. The first-order valence-electron chi connectivity index (χ1n) is 7.03. The van der Waals surface area contributed by atoms with E-state index in [1.807, 2.05) is 23.9 Å². The maximum Gasteiger partial charge on any atom is 0.191 e. The third kappa shape index (κ3) is 4.60. The first-order chi connectivity index (χ1) is 9.74. The highest BCUT2D eigenvalue weighted by molar-refractivity contribution is 7.98. The van der Waals surface area contributed by atoms with E-state index in [1.54, 1.807) is 0 Å². The number of hydrogen-bond donors (Lipinski definition) is 2. The Hall–Kier alpha value is -0.870. The molecule has 1 aromatic carbocycles. The third-order valence-corrected chi connectivity index (χ3v) is 4.12. The van der Waals surface area contributed by atoms with Gasteiger partial charge in [0.15, 0.2) is 5.96 Å². The Bertz CT molecular complexity index is 464. The van der Waals surface area contributed by atoms with Crippen molar-refractivity contribution in [2.75, 3.05) is 25.1 Å². The molecule has 2 unspecified atom stereocenters. The molecule has 1 aliphatic rings. The van der Waals surface area contributed by atoms with E-state index < -0.39 is 0 Å². The summed E-state index contributed by atoms with van der Waals surface area (Å²) in [6.07, 6.45) is 3.25. The predicted molar refractivity (Wildman–Crippen MR) is 90.1 cm³/mol. The van der Waals surface area contributed by atoms with Crippen molar-refractivity contribution in [3.63, 3.8) is 0 Å². The van der Waals surface area contributed by atoms with E-state index in [4.69, 9.17) is 11.6 Å². The van der Waals surface area contributed by atoms with Crippen LogP contribution >= 0.6 is 23.4 Å². The summed E-state index contributed by atoms with van der Waals surface area (Å²) in [5.41, 5.74) is 1.31. The lowest BCUT2D eigenvalue weighted by molar-refractivity contribution is 0.799. The van der Waals surface area contributed by atoms with Gasteiger partial charge in [-0.3, -0.25) is 4.99 Å². The van der Waals surface area contributed by atoms with Gasteiger partial charge in [-0.15, -0.1) is 0 Å². The molecule has 2 N–H and O–H groups in total. The topological polar surface area (TPSA) is 36.4 Å². The van der Waals surface area contributed by atoms with Crippen LogP contribution < -0.4 is 10.6 Å². The molecule has 1 saturated carbocycles. The van der Waals surface area contributed by atoms with Gasteiger partial charge in [0.25, 0.3) is 0 Å². The fourth-order valence-electron chi connectivity index (χ4n) is 2.20. The van der Waals surface area contributed by atoms with Gasteiger partial charge in [0, 0.05) is 29.3 Å². The first-order valence-corrected chi connectivity index (χ1v) is 8.81. The Morgan fingerprint density at radius 2 is 2.35 bits per heavy atom. The smallest absolute Gasteiger partial charge is 0.191 e. The van der Waals surface area contributed by atoms with E-state index in [0.717, 1.165) is 36.2 Å². The number of rotatable bonds is 6. The van der Waals surface area contributed by atoms with E-state index in [1.165, 1.54) is 5.56 Å². The van der Waals surface area contributed by atoms with Gasteiger partial charge in [-0.2, -0.15) is 11.8 Å². The second-order valence-electron chi connectivity index (χ2n) is 4.90. The zero-order chi connectivity index (χ0) is 14.4. The van der Waals surface area contributed by atoms with Crippen LogP contribution in [0.3, 0.4) is 0 Å². The first kappa shape index (κ1) is 15.5. The molecular weight excluding hydrogens is 290 g/mol. The summed E-state index contributed by atoms with van der Waals surface area (Å²) in [7, 11) is 0. The molecule has 2 atom stereocenters. The summed E-state index contributed by atoms with van der Waals surface area (Å²) in [4.78, 5) is 4.58. The Morgan fingerprint density at radius 3 is 3.05 bits per heavy atom. The standard InChI is InChI=1S/C15H22ClN3S/c1-3-17-15(18-7-8-20-2)19-14-10-13(14)11-5-4-6-12(16)9-11/h4-6,9,13-14H,3,7-8,10H2,1-2H3,(H2,17,18,19). The number of nitrogens with zero attached hydrogens (tertiary/aromatic N) is 1. The molecule has 0 spiro atoms. The van der Waals surface area contributed by atoms with Crippen molar-refractivity contribution < 1.29 is 0 Å². The fraction of sp³-hybridized carbons (Fsp3) is 0.533. The van der Waals surface area contributed by atoms with Crippen molar-refractivity contribution >= 4 is 29.3 Å². The molecule has 2 rings (SSSR count). The molecule has 0 amide bonds. The van der Waals surface area contributed by atoms with Crippen molar-refractivity contribution in [3.05, 3.63) is 34.9 Å². The molecule has 0 aromatic heterocycles. The van der Waals surface area contributed by atoms with Crippen molar-refractivity contribution in [2.24, 2.45) is 4.99 Å². The molecule has 0 radical (unpaired) electrons.